The van der Waals surface area contributed by atoms with Crippen LogP contribution in [0.5, 0.6) is 0 Å². The Bertz CT molecular complexity index is 710. The summed E-state index contributed by atoms with van der Waals surface area (Å²) in [6.45, 7) is 2.00. The van der Waals surface area contributed by atoms with Crippen molar-refractivity contribution in [1.82, 2.24) is 10.2 Å². The number of sulfone groups is 1. The minimum atomic E-state index is -3.14. The molecule has 0 spiro atoms. The zero-order valence-corrected chi connectivity index (χ0v) is 11.8. The lowest BCUT2D eigenvalue weighted by Gasteiger charge is -2.05. The molecule has 0 bridgehead atoms. The zero-order chi connectivity index (χ0) is 13.6. The Kier molecular flexibility index (Phi) is 2.74. The van der Waals surface area contributed by atoms with Gasteiger partial charge in [0.2, 0.25) is 0 Å². The number of H-pyrrole nitrogens is 1. The molecule has 0 aliphatic heterocycles. The van der Waals surface area contributed by atoms with Crippen LogP contribution in [0.4, 0.5) is 0 Å². The fourth-order valence-corrected chi connectivity index (χ4v) is 2.96. The van der Waals surface area contributed by atoms with Crippen molar-refractivity contribution >= 4 is 9.84 Å². The average Bonchev–Trinajstić information content (AvgIpc) is 3.12. The van der Waals surface area contributed by atoms with E-state index in [1.54, 1.807) is 12.1 Å². The summed E-state index contributed by atoms with van der Waals surface area (Å²) in [5.41, 5.74) is 4.31. The molecule has 3 rings (SSSR count). The van der Waals surface area contributed by atoms with Crippen molar-refractivity contribution < 1.29 is 8.42 Å². The van der Waals surface area contributed by atoms with Crippen LogP contribution in [0.25, 0.3) is 11.1 Å². The van der Waals surface area contributed by atoms with Gasteiger partial charge in [0.25, 0.3) is 0 Å². The van der Waals surface area contributed by atoms with Gasteiger partial charge in [0.15, 0.2) is 9.84 Å². The molecule has 19 heavy (non-hydrogen) atoms. The van der Waals surface area contributed by atoms with Gasteiger partial charge in [0, 0.05) is 23.4 Å². The smallest absolute Gasteiger partial charge is 0.175 e. The predicted octanol–water partition coefficient (Wildman–Crippen LogP) is 2.67. The normalized spacial score (nSPS) is 15.7. The largest absolute Gasteiger partial charge is 0.282 e. The fourth-order valence-electron chi connectivity index (χ4n) is 2.33. The molecular weight excluding hydrogens is 260 g/mol. The van der Waals surface area contributed by atoms with Gasteiger partial charge >= 0.3 is 0 Å². The summed E-state index contributed by atoms with van der Waals surface area (Å²) < 4.78 is 22.9. The van der Waals surface area contributed by atoms with Gasteiger partial charge in [-0.25, -0.2) is 8.42 Å². The average molecular weight is 276 g/mol. The highest BCUT2D eigenvalue weighted by Crippen LogP contribution is 2.44. The van der Waals surface area contributed by atoms with Crippen LogP contribution < -0.4 is 0 Å². The molecule has 0 amide bonds. The quantitative estimate of drug-likeness (QED) is 0.937. The summed E-state index contributed by atoms with van der Waals surface area (Å²) >= 11 is 0. The first kappa shape index (κ1) is 12.4. The highest BCUT2D eigenvalue weighted by Gasteiger charge is 2.30. The van der Waals surface area contributed by atoms with E-state index in [-0.39, 0.29) is 0 Å². The van der Waals surface area contributed by atoms with Gasteiger partial charge in [-0.15, -0.1) is 0 Å². The van der Waals surface area contributed by atoms with E-state index in [9.17, 15) is 8.42 Å². The number of hydrogen-bond donors (Lipinski definition) is 1. The Labute approximate surface area is 112 Å². The van der Waals surface area contributed by atoms with Crippen LogP contribution in [-0.2, 0) is 9.84 Å². The highest BCUT2D eigenvalue weighted by atomic mass is 32.2. The van der Waals surface area contributed by atoms with Crippen molar-refractivity contribution in [3.05, 3.63) is 35.7 Å². The monoisotopic (exact) mass is 276 g/mol. The third kappa shape index (κ3) is 2.30. The summed E-state index contributed by atoms with van der Waals surface area (Å²) in [7, 11) is -3.14. The van der Waals surface area contributed by atoms with Crippen LogP contribution in [-0.4, -0.2) is 24.9 Å². The van der Waals surface area contributed by atoms with Crippen molar-refractivity contribution in [2.75, 3.05) is 6.26 Å². The Hall–Kier alpha value is -1.62. The standard InChI is InChI=1S/C14H16N2O2S/c1-9-13(14(16-15-9)11-3-4-11)10-5-7-12(8-6-10)19(2,17)18/h5-8,11H,3-4H2,1-2H3,(H,15,16). The third-order valence-electron chi connectivity index (χ3n) is 3.51. The number of nitrogens with one attached hydrogen (secondary N) is 1. The number of aromatic amines is 1. The molecule has 0 radical (unpaired) electrons. The lowest BCUT2D eigenvalue weighted by molar-refractivity contribution is 0.602. The number of rotatable bonds is 3. The van der Waals surface area contributed by atoms with Crippen molar-refractivity contribution in [3.63, 3.8) is 0 Å². The van der Waals surface area contributed by atoms with Gasteiger partial charge < -0.3 is 0 Å². The predicted molar refractivity (Wildman–Crippen MR) is 73.8 cm³/mol. The second-order valence-electron chi connectivity index (χ2n) is 5.18. The summed E-state index contributed by atoms with van der Waals surface area (Å²) in [4.78, 5) is 0.352. The Morgan fingerprint density at radius 1 is 1.21 bits per heavy atom. The Morgan fingerprint density at radius 2 is 1.84 bits per heavy atom. The number of aromatic nitrogens is 2. The van der Waals surface area contributed by atoms with Crippen LogP contribution >= 0.6 is 0 Å². The Balaban J connectivity index is 2.05. The first-order valence-electron chi connectivity index (χ1n) is 6.32. The van der Waals surface area contributed by atoms with Gasteiger partial charge in [0.1, 0.15) is 0 Å². The van der Waals surface area contributed by atoms with Crippen LogP contribution in [0.1, 0.15) is 30.1 Å². The van der Waals surface area contributed by atoms with Gasteiger partial charge in [-0.2, -0.15) is 5.10 Å². The van der Waals surface area contributed by atoms with E-state index in [1.807, 2.05) is 19.1 Å². The van der Waals surface area contributed by atoms with Crippen molar-refractivity contribution in [2.45, 2.75) is 30.6 Å². The van der Waals surface area contributed by atoms with Gasteiger partial charge in [0.05, 0.1) is 10.6 Å². The number of hydrogen-bond acceptors (Lipinski definition) is 3. The van der Waals surface area contributed by atoms with E-state index in [4.69, 9.17) is 0 Å². The lowest BCUT2D eigenvalue weighted by atomic mass is 10.0. The molecule has 2 aromatic rings. The minimum absolute atomic E-state index is 0.352. The topological polar surface area (TPSA) is 62.8 Å². The molecule has 100 valence electrons. The summed E-state index contributed by atoms with van der Waals surface area (Å²) in [5, 5.41) is 7.42. The van der Waals surface area contributed by atoms with E-state index in [1.165, 1.54) is 19.1 Å². The van der Waals surface area contributed by atoms with Gasteiger partial charge in [-0.05, 0) is 37.5 Å². The van der Waals surface area contributed by atoms with Crippen molar-refractivity contribution in [2.24, 2.45) is 0 Å². The van der Waals surface area contributed by atoms with Crippen molar-refractivity contribution in [1.29, 1.82) is 0 Å². The zero-order valence-electron chi connectivity index (χ0n) is 11.0. The molecule has 1 saturated carbocycles. The third-order valence-corrected chi connectivity index (χ3v) is 4.64. The SMILES string of the molecule is Cc1[nH]nc(C2CC2)c1-c1ccc(S(C)(=O)=O)cc1. The summed E-state index contributed by atoms with van der Waals surface area (Å²) in [6, 6.07) is 7.04. The maximum Gasteiger partial charge on any atom is 0.175 e. The molecule has 0 saturated heterocycles. The highest BCUT2D eigenvalue weighted by molar-refractivity contribution is 7.90. The lowest BCUT2D eigenvalue weighted by Crippen LogP contribution is -1.96. The van der Waals surface area contributed by atoms with E-state index >= 15 is 0 Å². The molecule has 1 heterocycles. The molecule has 5 heteroatoms. The first-order valence-corrected chi connectivity index (χ1v) is 8.21. The Morgan fingerprint density at radius 3 is 2.37 bits per heavy atom. The van der Waals surface area contributed by atoms with Gasteiger partial charge in [-0.1, -0.05) is 12.1 Å². The molecular formula is C14H16N2O2S. The molecule has 1 aromatic heterocycles. The molecule has 1 fully saturated rings. The van der Waals surface area contributed by atoms with Crippen LogP contribution in [0, 0.1) is 6.92 Å². The first-order chi connectivity index (χ1) is 8.97. The maximum atomic E-state index is 11.5. The van der Waals surface area contributed by atoms with Crippen LogP contribution in [0.2, 0.25) is 0 Å². The molecule has 4 nitrogen and oxygen atoms in total. The number of benzene rings is 1. The molecule has 1 aliphatic carbocycles. The van der Waals surface area contributed by atoms with Crippen LogP contribution in [0.3, 0.4) is 0 Å². The van der Waals surface area contributed by atoms with E-state index < -0.39 is 9.84 Å². The van der Waals surface area contributed by atoms with Gasteiger partial charge in [-0.3, -0.25) is 5.10 Å². The molecule has 0 unspecified atom stereocenters. The van der Waals surface area contributed by atoms with E-state index in [0.29, 0.717) is 10.8 Å². The second kappa shape index (κ2) is 4.20. The molecule has 1 aromatic carbocycles. The molecule has 1 N–H and O–H groups in total. The van der Waals surface area contributed by atoms with E-state index in [0.717, 1.165) is 22.5 Å². The van der Waals surface area contributed by atoms with Crippen LogP contribution in [0.15, 0.2) is 29.2 Å². The summed E-state index contributed by atoms with van der Waals surface area (Å²) in [5.74, 6) is 0.564. The van der Waals surface area contributed by atoms with Crippen molar-refractivity contribution in [3.8, 4) is 11.1 Å². The van der Waals surface area contributed by atoms with E-state index in [2.05, 4.69) is 10.2 Å². The fraction of sp³-hybridized carbons (Fsp3) is 0.357. The second-order valence-corrected chi connectivity index (χ2v) is 7.20. The molecule has 0 atom stereocenters. The minimum Gasteiger partial charge on any atom is -0.282 e. The summed E-state index contributed by atoms with van der Waals surface area (Å²) in [6.07, 6.45) is 3.61. The maximum absolute atomic E-state index is 11.5. The number of nitrogens with zero attached hydrogens (tertiary/aromatic N) is 1. The number of aryl methyl sites for hydroxylation is 1. The molecule has 1 aliphatic rings.